The molecule has 1 rings (SSSR count). The summed E-state index contributed by atoms with van der Waals surface area (Å²) in [4.78, 5) is 0. The summed E-state index contributed by atoms with van der Waals surface area (Å²) in [6.07, 6.45) is 0. The van der Waals surface area contributed by atoms with Crippen molar-refractivity contribution in [2.75, 3.05) is 0 Å². The second-order valence-corrected chi connectivity index (χ2v) is 12.0. The number of rotatable bonds is 2. The van der Waals surface area contributed by atoms with Gasteiger partial charge in [0.15, 0.2) is 0 Å². The molecule has 16 heavy (non-hydrogen) atoms. The normalized spacial score (nSPS) is 13.2. The first-order valence-corrected chi connectivity index (χ1v) is 8.22. The number of hydrogen-bond donors (Lipinski definition) is 0. The molecule has 0 aromatic heterocycles. The minimum atomic E-state index is -0.837. The van der Waals surface area contributed by atoms with Gasteiger partial charge in [-0.2, -0.15) is 0 Å². The smallest absolute Gasteiger partial charge is 0.0521 e. The lowest BCUT2D eigenvalue weighted by atomic mass is 10.2. The summed E-state index contributed by atoms with van der Waals surface area (Å²) in [5.74, 6) is 0. The molecule has 1 aromatic carbocycles. The fraction of sp³-hybridized carbons (Fsp3) is 0.600. The third-order valence-corrected chi connectivity index (χ3v) is 8.43. The summed E-state index contributed by atoms with van der Waals surface area (Å²) in [5.41, 5.74) is 1.52. The number of benzene rings is 1. The van der Waals surface area contributed by atoms with Gasteiger partial charge >= 0.3 is 0 Å². The molecule has 0 nitrogen and oxygen atoms in total. The van der Waals surface area contributed by atoms with E-state index < -0.39 is 8.80 Å². The molecule has 90 valence electrons. The van der Waals surface area contributed by atoms with E-state index in [-0.39, 0.29) is 0 Å². The molecule has 0 aliphatic rings. The van der Waals surface area contributed by atoms with Crippen LogP contribution in [0.2, 0.25) is 10.1 Å². The third kappa shape index (κ3) is 3.78. The van der Waals surface area contributed by atoms with Gasteiger partial charge in [0.2, 0.25) is 0 Å². The Balaban J connectivity index is 2.89. The van der Waals surface area contributed by atoms with E-state index in [0.29, 0.717) is 10.1 Å². The quantitative estimate of drug-likeness (QED) is 0.656. The Morgan fingerprint density at radius 3 is 1.62 bits per heavy atom. The zero-order valence-corrected chi connectivity index (χ0v) is 12.8. The van der Waals surface area contributed by atoms with Crippen molar-refractivity contribution in [1.82, 2.24) is 0 Å². The van der Waals surface area contributed by atoms with Crippen molar-refractivity contribution < 1.29 is 0 Å². The minimum absolute atomic E-state index is 0.494. The molecule has 0 spiro atoms. The highest BCUT2D eigenvalue weighted by Crippen LogP contribution is 2.43. The maximum Gasteiger partial charge on any atom is 0.0521 e. The lowest BCUT2D eigenvalue weighted by molar-refractivity contribution is 0.636. The van der Waals surface area contributed by atoms with Gasteiger partial charge in [-0.1, -0.05) is 77.4 Å². The summed E-state index contributed by atoms with van der Waals surface area (Å²) >= 11 is 0. The Kier molecular flexibility index (Phi) is 4.00. The lowest BCUT2D eigenvalue weighted by Crippen LogP contribution is -2.37. The molecule has 0 aliphatic heterocycles. The zero-order chi connectivity index (χ0) is 12.4. The van der Waals surface area contributed by atoms with E-state index >= 15 is 0 Å². The van der Waals surface area contributed by atoms with Crippen LogP contribution in [0.5, 0.6) is 0 Å². The minimum Gasteiger partial charge on any atom is -0.0628 e. The Morgan fingerprint density at radius 2 is 1.25 bits per heavy atom. The molecule has 0 amide bonds. The first kappa shape index (κ1) is 13.5. The van der Waals surface area contributed by atoms with Crippen LogP contribution in [0.3, 0.4) is 0 Å². The summed E-state index contributed by atoms with van der Waals surface area (Å²) in [6, 6.07) is 12.3. The summed E-state index contributed by atoms with van der Waals surface area (Å²) < 4.78 is 0. The Labute approximate surface area is 103 Å². The molecular weight excluding hydrogens is 208 g/mol. The van der Waals surface area contributed by atoms with E-state index in [9.17, 15) is 0 Å². The predicted molar refractivity (Wildman–Crippen MR) is 76.7 cm³/mol. The first-order chi connectivity index (χ1) is 7.21. The molecule has 0 unspecified atom stereocenters. The number of hydrogen-bond acceptors (Lipinski definition) is 0. The maximum absolute atomic E-state index is 2.41. The van der Waals surface area contributed by atoms with Crippen LogP contribution in [-0.2, 0) is 6.04 Å². The molecule has 0 aliphatic carbocycles. The molecule has 0 heterocycles. The van der Waals surface area contributed by atoms with E-state index in [1.807, 2.05) is 0 Å². The average molecular weight is 234 g/mol. The molecule has 0 radical (unpaired) electrons. The second kappa shape index (κ2) is 4.75. The summed E-state index contributed by atoms with van der Waals surface area (Å²) in [6.45, 7) is 14.5. The van der Waals surface area contributed by atoms with E-state index in [1.54, 1.807) is 0 Å². The van der Waals surface area contributed by atoms with Crippen molar-refractivity contribution in [2.24, 2.45) is 0 Å². The van der Waals surface area contributed by atoms with E-state index in [0.717, 1.165) is 0 Å². The first-order valence-electron chi connectivity index (χ1n) is 6.25. The summed E-state index contributed by atoms with van der Waals surface area (Å²) in [5, 5.41) is 0.988. The van der Waals surface area contributed by atoms with Crippen LogP contribution in [0, 0.1) is 0 Å². The van der Waals surface area contributed by atoms with Gasteiger partial charge in [0.25, 0.3) is 0 Å². The van der Waals surface area contributed by atoms with Crippen LogP contribution < -0.4 is 0 Å². The standard InChI is InChI=1S/C15H26Si/c1-14(2,3)16(15(4,5)6)12-13-10-8-7-9-11-13/h7-11,16H,12H2,1-6H3. The van der Waals surface area contributed by atoms with Crippen LogP contribution in [0.4, 0.5) is 0 Å². The lowest BCUT2D eigenvalue weighted by Gasteiger charge is -2.39. The van der Waals surface area contributed by atoms with E-state index in [4.69, 9.17) is 0 Å². The van der Waals surface area contributed by atoms with Crippen LogP contribution in [-0.4, -0.2) is 8.80 Å². The van der Waals surface area contributed by atoms with Crippen molar-refractivity contribution in [3.8, 4) is 0 Å². The van der Waals surface area contributed by atoms with Gasteiger partial charge in [0.05, 0.1) is 8.80 Å². The molecule has 0 saturated heterocycles. The Morgan fingerprint density at radius 1 is 0.812 bits per heavy atom. The van der Waals surface area contributed by atoms with Gasteiger partial charge in [-0.05, 0) is 16.1 Å². The predicted octanol–water partition coefficient (Wildman–Crippen LogP) is 4.60. The fourth-order valence-corrected chi connectivity index (χ4v) is 7.33. The van der Waals surface area contributed by atoms with E-state index in [2.05, 4.69) is 71.9 Å². The van der Waals surface area contributed by atoms with Crippen LogP contribution in [0.15, 0.2) is 30.3 Å². The highest BCUT2D eigenvalue weighted by Gasteiger charge is 2.35. The van der Waals surface area contributed by atoms with Gasteiger partial charge in [-0.25, -0.2) is 0 Å². The van der Waals surface area contributed by atoms with Gasteiger partial charge in [-0.15, -0.1) is 0 Å². The SMILES string of the molecule is CC(C)(C)[SiH](Cc1ccccc1)C(C)(C)C. The topological polar surface area (TPSA) is 0 Å². The van der Waals surface area contributed by atoms with Gasteiger partial charge < -0.3 is 0 Å². The Bertz CT molecular complexity index is 300. The zero-order valence-electron chi connectivity index (χ0n) is 11.7. The monoisotopic (exact) mass is 234 g/mol. The second-order valence-electron chi connectivity index (χ2n) is 6.97. The van der Waals surface area contributed by atoms with Gasteiger partial charge in [0.1, 0.15) is 0 Å². The van der Waals surface area contributed by atoms with Crippen molar-refractivity contribution in [1.29, 1.82) is 0 Å². The van der Waals surface area contributed by atoms with Gasteiger partial charge in [-0.3, -0.25) is 0 Å². The van der Waals surface area contributed by atoms with Crippen LogP contribution in [0.25, 0.3) is 0 Å². The highest BCUT2D eigenvalue weighted by molar-refractivity contribution is 6.64. The third-order valence-electron chi connectivity index (χ3n) is 3.37. The summed E-state index contributed by atoms with van der Waals surface area (Å²) in [7, 11) is -0.837. The molecular formula is C15H26Si. The average Bonchev–Trinajstić information content (AvgIpc) is 2.12. The van der Waals surface area contributed by atoms with E-state index in [1.165, 1.54) is 11.6 Å². The maximum atomic E-state index is 2.41. The van der Waals surface area contributed by atoms with Crippen LogP contribution >= 0.6 is 0 Å². The molecule has 1 aromatic rings. The van der Waals surface area contributed by atoms with Crippen molar-refractivity contribution in [2.45, 2.75) is 57.7 Å². The van der Waals surface area contributed by atoms with Crippen LogP contribution in [0.1, 0.15) is 47.1 Å². The van der Waals surface area contributed by atoms with Crippen molar-refractivity contribution in [3.05, 3.63) is 35.9 Å². The molecule has 0 fully saturated rings. The van der Waals surface area contributed by atoms with Crippen molar-refractivity contribution in [3.63, 3.8) is 0 Å². The molecule has 0 N–H and O–H groups in total. The fourth-order valence-electron chi connectivity index (χ4n) is 2.76. The highest BCUT2D eigenvalue weighted by atomic mass is 28.3. The molecule has 1 heteroatoms. The van der Waals surface area contributed by atoms with Gasteiger partial charge in [0, 0.05) is 0 Å². The Hall–Kier alpha value is -0.563. The molecule has 0 saturated carbocycles. The molecule has 0 atom stereocenters. The van der Waals surface area contributed by atoms with Crippen molar-refractivity contribution >= 4 is 8.80 Å². The molecule has 0 bridgehead atoms. The largest absolute Gasteiger partial charge is 0.0628 e.